The molecule has 2 heterocycles. The van der Waals surface area contributed by atoms with E-state index < -0.39 is 6.29 Å². The van der Waals surface area contributed by atoms with E-state index in [0.717, 1.165) is 12.0 Å². The van der Waals surface area contributed by atoms with E-state index in [2.05, 4.69) is 26.4 Å². The van der Waals surface area contributed by atoms with E-state index in [1.807, 2.05) is 44.2 Å². The largest absolute Gasteiger partial charge is 0.338 e. The van der Waals surface area contributed by atoms with Crippen LogP contribution in [0.25, 0.3) is 11.3 Å². The number of amides is 3. The summed E-state index contributed by atoms with van der Waals surface area (Å²) < 4.78 is 1.61. The number of carbonyl (C=O) groups is 2. The van der Waals surface area contributed by atoms with Crippen LogP contribution < -0.4 is 21.3 Å². The smallest absolute Gasteiger partial charge is 0.320 e. The molecule has 2 aromatic rings. The molecule has 0 saturated carbocycles. The lowest BCUT2D eigenvalue weighted by atomic mass is 10.1. The first kappa shape index (κ1) is 17.9. The molecule has 0 bridgehead atoms. The van der Waals surface area contributed by atoms with Gasteiger partial charge >= 0.3 is 6.03 Å². The highest BCUT2D eigenvalue weighted by atomic mass is 16.2. The molecule has 2 atom stereocenters. The molecule has 2 unspecified atom stereocenters. The first-order valence-electron chi connectivity index (χ1n) is 8.86. The van der Waals surface area contributed by atoms with E-state index in [-0.39, 0.29) is 18.0 Å². The first-order valence-corrected chi connectivity index (χ1v) is 8.86. The number of rotatable bonds is 5. The molecular weight excluding hydrogens is 332 g/mol. The Kier molecular flexibility index (Phi) is 5.52. The van der Waals surface area contributed by atoms with Crippen LogP contribution in [0.3, 0.4) is 0 Å². The average Bonchev–Trinajstić information content (AvgIpc) is 3.06. The maximum Gasteiger partial charge on any atom is 0.320 e. The van der Waals surface area contributed by atoms with Crippen LogP contribution in [0.2, 0.25) is 0 Å². The fourth-order valence-electron chi connectivity index (χ4n) is 2.91. The van der Waals surface area contributed by atoms with Crippen molar-refractivity contribution >= 4 is 17.8 Å². The van der Waals surface area contributed by atoms with Gasteiger partial charge in [-0.25, -0.2) is 9.48 Å². The number of nitrogens with one attached hydrogen (secondary N) is 4. The Morgan fingerprint density at radius 3 is 2.77 bits per heavy atom. The third kappa shape index (κ3) is 4.02. The average molecular weight is 356 g/mol. The third-order valence-electron chi connectivity index (χ3n) is 4.24. The Hall–Kier alpha value is -2.87. The topological polar surface area (TPSA) is 100 Å². The predicted octanol–water partition coefficient (Wildman–Crippen LogP) is 2.04. The lowest BCUT2D eigenvalue weighted by Gasteiger charge is -2.31. The van der Waals surface area contributed by atoms with Gasteiger partial charge < -0.3 is 10.6 Å². The quantitative estimate of drug-likeness (QED) is 0.659. The van der Waals surface area contributed by atoms with Crippen molar-refractivity contribution in [2.24, 2.45) is 0 Å². The second kappa shape index (κ2) is 8.01. The van der Waals surface area contributed by atoms with Crippen LogP contribution in [-0.2, 0) is 4.79 Å². The number of hydrogen-bond donors (Lipinski definition) is 4. The van der Waals surface area contributed by atoms with Crippen molar-refractivity contribution in [2.45, 2.75) is 39.0 Å². The summed E-state index contributed by atoms with van der Waals surface area (Å²) in [5.74, 6) is 0.464. The summed E-state index contributed by atoms with van der Waals surface area (Å²) in [7, 11) is 0. The summed E-state index contributed by atoms with van der Waals surface area (Å²) in [5.41, 5.74) is 1.64. The van der Waals surface area contributed by atoms with E-state index >= 15 is 0 Å². The summed E-state index contributed by atoms with van der Waals surface area (Å²) >= 11 is 0. The van der Waals surface area contributed by atoms with Crippen LogP contribution in [0.15, 0.2) is 36.4 Å². The highest BCUT2D eigenvalue weighted by Gasteiger charge is 2.28. The van der Waals surface area contributed by atoms with Gasteiger partial charge in [-0.15, -0.1) is 0 Å². The molecule has 1 aliphatic rings. The maximum absolute atomic E-state index is 12.0. The monoisotopic (exact) mass is 356 g/mol. The molecule has 1 aliphatic heterocycles. The van der Waals surface area contributed by atoms with E-state index in [1.165, 1.54) is 0 Å². The second-order valence-electron chi connectivity index (χ2n) is 6.16. The van der Waals surface area contributed by atoms with Crippen molar-refractivity contribution in [3.8, 4) is 11.3 Å². The highest BCUT2D eigenvalue weighted by Crippen LogP contribution is 2.24. The zero-order valence-corrected chi connectivity index (χ0v) is 15.0. The van der Waals surface area contributed by atoms with E-state index in [1.54, 1.807) is 10.7 Å². The highest BCUT2D eigenvalue weighted by molar-refractivity contribution is 5.89. The minimum absolute atomic E-state index is 0.0404. The second-order valence-corrected chi connectivity index (χ2v) is 6.16. The van der Waals surface area contributed by atoms with Crippen molar-refractivity contribution < 1.29 is 9.59 Å². The molecule has 26 heavy (non-hydrogen) atoms. The Labute approximate surface area is 152 Å². The molecule has 4 N–H and O–H groups in total. The van der Waals surface area contributed by atoms with Gasteiger partial charge in [-0.2, -0.15) is 5.10 Å². The molecule has 8 nitrogen and oxygen atoms in total. The van der Waals surface area contributed by atoms with Gasteiger partial charge in [0.15, 0.2) is 6.29 Å². The van der Waals surface area contributed by atoms with Gasteiger partial charge in [-0.1, -0.05) is 37.3 Å². The fraction of sp³-hybridized carbons (Fsp3) is 0.389. The van der Waals surface area contributed by atoms with Crippen LogP contribution in [0.4, 0.5) is 10.6 Å². The molecule has 138 valence electrons. The van der Waals surface area contributed by atoms with Crippen LogP contribution >= 0.6 is 0 Å². The maximum atomic E-state index is 12.0. The molecule has 0 spiro atoms. The number of carbonyl (C=O) groups excluding carboxylic acids is 2. The standard InChI is InChI=1S/C18H24N6O2/c1-3-13-10-16(25)22-17(20-13)24-15(21-18(26)19-4-2)11-14(23-24)12-8-6-5-7-9-12/h5-9,11,13,17,20H,3-4,10H2,1-2H3,(H,22,25)(H2,19,21,26). The number of hydrogen-bond acceptors (Lipinski definition) is 4. The molecular formula is C18H24N6O2. The Bertz CT molecular complexity index is 773. The summed E-state index contributed by atoms with van der Waals surface area (Å²) in [4.78, 5) is 24.0. The summed E-state index contributed by atoms with van der Waals surface area (Å²) in [6.07, 6.45) is 0.741. The molecule has 8 heteroatoms. The summed E-state index contributed by atoms with van der Waals surface area (Å²) in [6, 6.07) is 11.2. The van der Waals surface area contributed by atoms with Crippen LogP contribution in [0.5, 0.6) is 0 Å². The van der Waals surface area contributed by atoms with Crippen molar-refractivity contribution in [3.63, 3.8) is 0 Å². The Morgan fingerprint density at radius 1 is 1.31 bits per heavy atom. The van der Waals surface area contributed by atoms with Gasteiger partial charge in [0.25, 0.3) is 0 Å². The Morgan fingerprint density at radius 2 is 2.08 bits per heavy atom. The molecule has 1 aromatic heterocycles. The molecule has 1 saturated heterocycles. The fourth-order valence-corrected chi connectivity index (χ4v) is 2.91. The molecule has 3 amide bonds. The van der Waals surface area contributed by atoms with E-state index in [0.29, 0.717) is 24.5 Å². The Balaban J connectivity index is 1.94. The summed E-state index contributed by atoms with van der Waals surface area (Å²) in [6.45, 7) is 4.39. The molecule has 1 aromatic carbocycles. The lowest BCUT2D eigenvalue weighted by molar-refractivity contribution is -0.125. The number of nitrogens with zero attached hydrogens (tertiary/aromatic N) is 2. The van der Waals surface area contributed by atoms with E-state index in [9.17, 15) is 9.59 Å². The van der Waals surface area contributed by atoms with Crippen molar-refractivity contribution in [3.05, 3.63) is 36.4 Å². The first-order chi connectivity index (χ1) is 12.6. The SMILES string of the molecule is CCNC(=O)Nc1cc(-c2ccccc2)nn1C1NC(=O)CC(CC)N1. The van der Waals surface area contributed by atoms with Crippen LogP contribution in [-0.4, -0.2) is 34.3 Å². The number of urea groups is 1. The normalized spacial score (nSPS) is 19.7. The molecule has 0 radical (unpaired) electrons. The van der Waals surface area contributed by atoms with Gasteiger partial charge in [0.05, 0.1) is 5.69 Å². The minimum atomic E-state index is -0.518. The van der Waals surface area contributed by atoms with Gasteiger partial charge in [-0.05, 0) is 13.3 Å². The molecule has 3 rings (SSSR count). The number of aromatic nitrogens is 2. The molecule has 1 fully saturated rings. The van der Waals surface area contributed by atoms with Gasteiger partial charge in [-0.3, -0.25) is 15.4 Å². The van der Waals surface area contributed by atoms with Gasteiger partial charge in [0.1, 0.15) is 5.82 Å². The zero-order valence-electron chi connectivity index (χ0n) is 15.0. The number of anilines is 1. The van der Waals surface area contributed by atoms with E-state index in [4.69, 9.17) is 0 Å². The third-order valence-corrected chi connectivity index (χ3v) is 4.24. The van der Waals surface area contributed by atoms with Crippen LogP contribution in [0.1, 0.15) is 33.0 Å². The minimum Gasteiger partial charge on any atom is -0.338 e. The predicted molar refractivity (Wildman–Crippen MR) is 99.4 cm³/mol. The lowest BCUT2D eigenvalue weighted by Crippen LogP contribution is -2.53. The van der Waals surface area contributed by atoms with Crippen molar-refractivity contribution in [2.75, 3.05) is 11.9 Å². The molecule has 0 aliphatic carbocycles. The summed E-state index contributed by atoms with van der Waals surface area (Å²) in [5, 5.41) is 16.4. The van der Waals surface area contributed by atoms with Crippen molar-refractivity contribution in [1.82, 2.24) is 25.7 Å². The number of benzene rings is 1. The van der Waals surface area contributed by atoms with Crippen LogP contribution in [0, 0.1) is 0 Å². The zero-order chi connectivity index (χ0) is 18.5. The van der Waals surface area contributed by atoms with Gasteiger partial charge in [0, 0.05) is 30.6 Å². The van der Waals surface area contributed by atoms with Crippen molar-refractivity contribution in [1.29, 1.82) is 0 Å². The van der Waals surface area contributed by atoms with Gasteiger partial charge in [0.2, 0.25) is 5.91 Å².